The molecule has 1 aromatic rings. The summed E-state index contributed by atoms with van der Waals surface area (Å²) >= 11 is 0. The largest absolute Gasteiger partial charge is 0.366 e. The van der Waals surface area contributed by atoms with Crippen molar-refractivity contribution in [1.82, 2.24) is 10.2 Å². The number of rotatable bonds is 8. The first-order valence-electron chi connectivity index (χ1n) is 7.95. The Kier molecular flexibility index (Phi) is 8.15. The monoisotopic (exact) mass is 334 g/mol. The molecule has 1 rings (SSSR count). The van der Waals surface area contributed by atoms with Gasteiger partial charge in [0.2, 0.25) is 5.91 Å². The van der Waals surface area contributed by atoms with Gasteiger partial charge in [0.25, 0.3) is 5.91 Å². The van der Waals surface area contributed by atoms with E-state index in [4.69, 9.17) is 10.2 Å². The van der Waals surface area contributed by atoms with Gasteiger partial charge >= 0.3 is 0 Å². The van der Waals surface area contributed by atoms with Crippen molar-refractivity contribution in [3.05, 3.63) is 41.5 Å². The quantitative estimate of drug-likeness (QED) is 0.495. The predicted octanol–water partition coefficient (Wildman–Crippen LogP) is 1.39. The van der Waals surface area contributed by atoms with Crippen LogP contribution in [-0.2, 0) is 4.79 Å². The normalized spacial score (nSPS) is 12.4. The van der Waals surface area contributed by atoms with E-state index in [1.165, 1.54) is 6.92 Å². The van der Waals surface area contributed by atoms with E-state index in [-0.39, 0.29) is 11.8 Å². The summed E-state index contributed by atoms with van der Waals surface area (Å²) in [7, 11) is 3.48. The summed E-state index contributed by atoms with van der Waals surface area (Å²) < 4.78 is 0. The average molecular weight is 334 g/mol. The summed E-state index contributed by atoms with van der Waals surface area (Å²) in [5.74, 6) is -0.246. The zero-order valence-corrected chi connectivity index (χ0v) is 14.4. The van der Waals surface area contributed by atoms with E-state index >= 15 is 0 Å². The number of nitrogens with zero attached hydrogens (tertiary/aromatic N) is 1. The first kappa shape index (κ1) is 19.9. The van der Waals surface area contributed by atoms with Crippen LogP contribution in [0.3, 0.4) is 0 Å². The molecule has 0 fully saturated rings. The molecule has 0 saturated heterocycles. The molecular formula is C18H26N2O4. The minimum absolute atomic E-state index is 0.113. The van der Waals surface area contributed by atoms with Crippen molar-refractivity contribution in [3.8, 4) is 0 Å². The summed E-state index contributed by atoms with van der Waals surface area (Å²) in [6, 6.07) is 6.30. The molecule has 0 aromatic heterocycles. The number of unbranched alkanes of at least 4 members (excludes halogenated alkanes) is 1. The maximum atomic E-state index is 12.0. The minimum Gasteiger partial charge on any atom is -0.366 e. The molecule has 132 valence electrons. The molecule has 24 heavy (non-hydrogen) atoms. The Morgan fingerprint density at radius 1 is 1.29 bits per heavy atom. The molecule has 0 saturated carbocycles. The van der Waals surface area contributed by atoms with Crippen molar-refractivity contribution in [2.24, 2.45) is 0 Å². The summed E-state index contributed by atoms with van der Waals surface area (Å²) in [5, 5.41) is 20.5. The van der Waals surface area contributed by atoms with Crippen molar-refractivity contribution < 1.29 is 19.8 Å². The average Bonchev–Trinajstić information content (AvgIpc) is 2.54. The number of aliphatic hydroxyl groups is 2. The van der Waals surface area contributed by atoms with Crippen LogP contribution < -0.4 is 5.32 Å². The number of nitrogens with one attached hydrogen (secondary N) is 1. The first-order chi connectivity index (χ1) is 11.3. The standard InChI is InChI=1S/C18H26N2O4/c1-13(18(23)24)19-17(22)15-10-7-9-14(12-15)8-5-4-6-11-16(21)20(2)3/h5,7-10,12-13,18,23-24H,4,6,11H2,1-3H3,(H,19,22). The van der Waals surface area contributed by atoms with Gasteiger partial charge < -0.3 is 20.4 Å². The highest BCUT2D eigenvalue weighted by Gasteiger charge is 2.14. The van der Waals surface area contributed by atoms with Gasteiger partial charge in [0, 0.05) is 26.1 Å². The molecule has 0 heterocycles. The van der Waals surface area contributed by atoms with Gasteiger partial charge in [0.15, 0.2) is 6.29 Å². The molecule has 1 aromatic carbocycles. The lowest BCUT2D eigenvalue weighted by molar-refractivity contribution is -0.128. The number of amides is 2. The van der Waals surface area contributed by atoms with Crippen LogP contribution in [0.5, 0.6) is 0 Å². The SMILES string of the molecule is CC(NC(=O)c1cccc(C=CCCCC(=O)N(C)C)c1)C(O)O. The van der Waals surface area contributed by atoms with E-state index < -0.39 is 12.3 Å². The van der Waals surface area contributed by atoms with Crippen LogP contribution in [0.1, 0.15) is 42.1 Å². The molecule has 0 bridgehead atoms. The van der Waals surface area contributed by atoms with E-state index in [2.05, 4.69) is 5.32 Å². The number of carbonyl (C=O) groups is 2. The molecule has 0 aliphatic rings. The fraction of sp³-hybridized carbons (Fsp3) is 0.444. The Labute approximate surface area is 142 Å². The van der Waals surface area contributed by atoms with E-state index in [1.54, 1.807) is 37.2 Å². The van der Waals surface area contributed by atoms with Gasteiger partial charge in [0.05, 0.1) is 6.04 Å². The first-order valence-corrected chi connectivity index (χ1v) is 7.95. The number of benzene rings is 1. The summed E-state index contributed by atoms with van der Waals surface area (Å²) in [6.45, 7) is 1.52. The molecule has 6 heteroatoms. The molecule has 2 amide bonds. The van der Waals surface area contributed by atoms with Gasteiger partial charge in [-0.25, -0.2) is 0 Å². The van der Waals surface area contributed by atoms with Crippen LogP contribution >= 0.6 is 0 Å². The minimum atomic E-state index is -1.60. The van der Waals surface area contributed by atoms with Crippen molar-refractivity contribution in [1.29, 1.82) is 0 Å². The molecule has 0 spiro atoms. The highest BCUT2D eigenvalue weighted by molar-refractivity contribution is 5.94. The number of carbonyl (C=O) groups excluding carboxylic acids is 2. The Morgan fingerprint density at radius 2 is 2.00 bits per heavy atom. The molecule has 0 radical (unpaired) electrons. The maximum Gasteiger partial charge on any atom is 0.251 e. The lowest BCUT2D eigenvalue weighted by Crippen LogP contribution is -2.40. The molecule has 3 N–H and O–H groups in total. The van der Waals surface area contributed by atoms with E-state index in [0.29, 0.717) is 12.0 Å². The van der Waals surface area contributed by atoms with E-state index in [9.17, 15) is 9.59 Å². The third-order valence-electron chi connectivity index (χ3n) is 3.53. The second-order valence-corrected chi connectivity index (χ2v) is 5.88. The van der Waals surface area contributed by atoms with Crippen molar-refractivity contribution >= 4 is 17.9 Å². The highest BCUT2D eigenvalue weighted by Crippen LogP contribution is 2.09. The third kappa shape index (κ3) is 6.93. The molecular weight excluding hydrogens is 308 g/mol. The predicted molar refractivity (Wildman–Crippen MR) is 93.2 cm³/mol. The van der Waals surface area contributed by atoms with Crippen LogP contribution in [0.4, 0.5) is 0 Å². The number of allylic oxidation sites excluding steroid dienone is 1. The maximum absolute atomic E-state index is 12.0. The van der Waals surface area contributed by atoms with Crippen LogP contribution in [0.25, 0.3) is 6.08 Å². The fourth-order valence-electron chi connectivity index (χ4n) is 1.96. The Morgan fingerprint density at radius 3 is 2.62 bits per heavy atom. The zero-order valence-electron chi connectivity index (χ0n) is 14.4. The zero-order chi connectivity index (χ0) is 18.1. The second-order valence-electron chi connectivity index (χ2n) is 5.88. The molecule has 0 aliphatic heterocycles. The van der Waals surface area contributed by atoms with E-state index in [0.717, 1.165) is 18.4 Å². The molecule has 1 atom stereocenters. The van der Waals surface area contributed by atoms with Crippen molar-refractivity contribution in [2.75, 3.05) is 14.1 Å². The fourth-order valence-corrected chi connectivity index (χ4v) is 1.96. The van der Waals surface area contributed by atoms with Crippen molar-refractivity contribution in [3.63, 3.8) is 0 Å². The number of hydrogen-bond acceptors (Lipinski definition) is 4. The van der Waals surface area contributed by atoms with Gasteiger partial charge in [-0.1, -0.05) is 24.3 Å². The van der Waals surface area contributed by atoms with Gasteiger partial charge in [-0.05, 0) is 37.5 Å². The van der Waals surface area contributed by atoms with Crippen LogP contribution in [0, 0.1) is 0 Å². The van der Waals surface area contributed by atoms with Crippen LogP contribution in [0.15, 0.2) is 30.3 Å². The van der Waals surface area contributed by atoms with Gasteiger partial charge in [-0.3, -0.25) is 9.59 Å². The Balaban J connectivity index is 2.54. The highest BCUT2D eigenvalue weighted by atomic mass is 16.5. The van der Waals surface area contributed by atoms with Gasteiger partial charge in [0.1, 0.15) is 0 Å². The van der Waals surface area contributed by atoms with Crippen molar-refractivity contribution in [2.45, 2.75) is 38.5 Å². The smallest absolute Gasteiger partial charge is 0.251 e. The summed E-state index contributed by atoms with van der Waals surface area (Å²) in [6.07, 6.45) is 4.35. The Bertz CT molecular complexity index is 582. The number of hydrogen-bond donors (Lipinski definition) is 3. The second kappa shape index (κ2) is 9.85. The number of aliphatic hydroxyl groups excluding tert-OH is 1. The molecule has 6 nitrogen and oxygen atoms in total. The summed E-state index contributed by atoms with van der Waals surface area (Å²) in [4.78, 5) is 25.1. The van der Waals surface area contributed by atoms with E-state index in [1.807, 2.05) is 18.2 Å². The third-order valence-corrected chi connectivity index (χ3v) is 3.53. The Hall–Kier alpha value is -2.18. The molecule has 0 aliphatic carbocycles. The van der Waals surface area contributed by atoms with Gasteiger partial charge in [-0.2, -0.15) is 0 Å². The topological polar surface area (TPSA) is 89.9 Å². The lowest BCUT2D eigenvalue weighted by atomic mass is 10.1. The van der Waals surface area contributed by atoms with Crippen LogP contribution in [0.2, 0.25) is 0 Å². The lowest BCUT2D eigenvalue weighted by Gasteiger charge is -2.15. The molecule has 1 unspecified atom stereocenters. The van der Waals surface area contributed by atoms with Crippen LogP contribution in [-0.4, -0.2) is 53.4 Å². The summed E-state index contributed by atoms with van der Waals surface area (Å²) in [5.41, 5.74) is 1.33. The van der Waals surface area contributed by atoms with Gasteiger partial charge in [-0.15, -0.1) is 0 Å².